The number of aromatic amines is 1. The zero-order chi connectivity index (χ0) is 17.0. The average molecular weight is 336 g/mol. The molecule has 124 valence electrons. The Kier molecular flexibility index (Phi) is 5.38. The van der Waals surface area contributed by atoms with Gasteiger partial charge in [-0.3, -0.25) is 5.10 Å². The van der Waals surface area contributed by atoms with Crippen molar-refractivity contribution in [3.8, 4) is 17.2 Å². The van der Waals surface area contributed by atoms with Crippen LogP contribution in [0.1, 0.15) is 31.2 Å². The number of benzene rings is 1. The van der Waals surface area contributed by atoms with Gasteiger partial charge >= 0.3 is 0 Å². The van der Waals surface area contributed by atoms with Crippen molar-refractivity contribution in [3.05, 3.63) is 28.3 Å². The van der Waals surface area contributed by atoms with Gasteiger partial charge in [0.15, 0.2) is 17.3 Å². The maximum atomic E-state index is 5.33. The van der Waals surface area contributed by atoms with Crippen molar-refractivity contribution in [2.24, 2.45) is 5.10 Å². The first-order valence-corrected chi connectivity index (χ1v) is 7.44. The lowest BCUT2D eigenvalue weighted by atomic mass is 10.2. The highest BCUT2D eigenvalue weighted by molar-refractivity contribution is 7.71. The van der Waals surface area contributed by atoms with Gasteiger partial charge in [0, 0.05) is 11.5 Å². The molecule has 1 N–H and O–H groups in total. The minimum Gasteiger partial charge on any atom is -0.493 e. The molecule has 1 aromatic carbocycles. The molecular weight excluding hydrogens is 316 g/mol. The lowest BCUT2D eigenvalue weighted by molar-refractivity contribution is 0.324. The first-order chi connectivity index (χ1) is 11.0. The molecule has 0 unspecified atom stereocenters. The van der Waals surface area contributed by atoms with Gasteiger partial charge in [0.1, 0.15) is 0 Å². The third kappa shape index (κ3) is 3.53. The summed E-state index contributed by atoms with van der Waals surface area (Å²) < 4.78 is 18.0. The second kappa shape index (κ2) is 7.28. The topological polar surface area (TPSA) is 73.7 Å². The Labute approximate surface area is 139 Å². The van der Waals surface area contributed by atoms with Crippen LogP contribution in [0.5, 0.6) is 17.2 Å². The van der Waals surface area contributed by atoms with Crippen LogP contribution >= 0.6 is 12.2 Å². The number of rotatable bonds is 6. The predicted octanol–water partition coefficient (Wildman–Crippen LogP) is 2.97. The largest absolute Gasteiger partial charge is 0.493 e. The van der Waals surface area contributed by atoms with Crippen LogP contribution in [0, 0.1) is 4.77 Å². The van der Waals surface area contributed by atoms with Crippen molar-refractivity contribution < 1.29 is 14.2 Å². The molecule has 0 atom stereocenters. The standard InChI is InChI=1S/C15H20N4O3S/c1-9(2)14-17-18-15(23)19(14)16-8-10-6-11(20-3)13(22-5)12(7-10)21-4/h6-9H,1-5H3,(H,18,23)/b16-8-. The SMILES string of the molecule is COc1cc(/C=N\n2c(C(C)C)n[nH]c2=S)cc(OC)c1OC. The first-order valence-electron chi connectivity index (χ1n) is 7.03. The highest BCUT2D eigenvalue weighted by Crippen LogP contribution is 2.37. The van der Waals surface area contributed by atoms with E-state index < -0.39 is 0 Å². The van der Waals surface area contributed by atoms with E-state index in [0.29, 0.717) is 22.0 Å². The third-order valence-electron chi connectivity index (χ3n) is 3.20. The molecule has 0 saturated heterocycles. The highest BCUT2D eigenvalue weighted by Gasteiger charge is 2.13. The summed E-state index contributed by atoms with van der Waals surface area (Å²) in [5.74, 6) is 2.62. The minimum absolute atomic E-state index is 0.194. The van der Waals surface area contributed by atoms with E-state index in [0.717, 1.165) is 11.4 Å². The molecule has 0 radical (unpaired) electrons. The fourth-order valence-corrected chi connectivity index (χ4v) is 2.28. The molecular formula is C15H20N4O3S. The number of aromatic nitrogens is 3. The van der Waals surface area contributed by atoms with Gasteiger partial charge in [0.2, 0.25) is 10.5 Å². The summed E-state index contributed by atoms with van der Waals surface area (Å²) in [4.78, 5) is 0. The van der Waals surface area contributed by atoms with Gasteiger partial charge in [0.25, 0.3) is 0 Å². The molecule has 2 aromatic rings. The Morgan fingerprint density at radius 2 is 1.78 bits per heavy atom. The van der Waals surface area contributed by atoms with Gasteiger partial charge in [0.05, 0.1) is 27.5 Å². The molecule has 8 heteroatoms. The van der Waals surface area contributed by atoms with Crippen molar-refractivity contribution >= 4 is 18.4 Å². The van der Waals surface area contributed by atoms with Gasteiger partial charge in [-0.05, 0) is 24.4 Å². The number of hydrogen-bond donors (Lipinski definition) is 1. The molecule has 0 aliphatic rings. The van der Waals surface area contributed by atoms with E-state index >= 15 is 0 Å². The number of nitrogens with zero attached hydrogens (tertiary/aromatic N) is 3. The van der Waals surface area contributed by atoms with Crippen molar-refractivity contribution in [3.63, 3.8) is 0 Å². The molecule has 0 aliphatic heterocycles. The smallest absolute Gasteiger partial charge is 0.216 e. The molecule has 1 aromatic heterocycles. The van der Waals surface area contributed by atoms with E-state index in [1.165, 1.54) is 0 Å². The lowest BCUT2D eigenvalue weighted by Crippen LogP contribution is -2.01. The van der Waals surface area contributed by atoms with E-state index in [1.54, 1.807) is 32.2 Å². The van der Waals surface area contributed by atoms with Crippen molar-refractivity contribution in [1.82, 2.24) is 14.9 Å². The summed E-state index contributed by atoms with van der Waals surface area (Å²) in [6.45, 7) is 4.05. The number of ether oxygens (including phenoxy) is 3. The quantitative estimate of drug-likeness (QED) is 0.648. The maximum absolute atomic E-state index is 5.33. The van der Waals surface area contributed by atoms with Crippen molar-refractivity contribution in [2.75, 3.05) is 21.3 Å². The molecule has 0 fully saturated rings. The Morgan fingerprint density at radius 3 is 2.26 bits per heavy atom. The van der Waals surface area contributed by atoms with Gasteiger partial charge in [-0.1, -0.05) is 13.8 Å². The second-order valence-electron chi connectivity index (χ2n) is 5.06. The van der Waals surface area contributed by atoms with Crippen LogP contribution in [-0.4, -0.2) is 42.4 Å². The fourth-order valence-electron chi connectivity index (χ4n) is 2.09. The van der Waals surface area contributed by atoms with Gasteiger partial charge in [-0.15, -0.1) is 0 Å². The van der Waals surface area contributed by atoms with Gasteiger partial charge in [-0.25, -0.2) is 0 Å². The molecule has 23 heavy (non-hydrogen) atoms. The second-order valence-corrected chi connectivity index (χ2v) is 5.44. The summed E-state index contributed by atoms with van der Waals surface area (Å²) in [5, 5.41) is 11.3. The summed E-state index contributed by atoms with van der Waals surface area (Å²) in [5.41, 5.74) is 0.789. The average Bonchev–Trinajstić information content (AvgIpc) is 2.92. The summed E-state index contributed by atoms with van der Waals surface area (Å²) in [6, 6.07) is 3.62. The van der Waals surface area contributed by atoms with Crippen molar-refractivity contribution in [2.45, 2.75) is 19.8 Å². The van der Waals surface area contributed by atoms with Gasteiger partial charge < -0.3 is 14.2 Å². The fraction of sp³-hybridized carbons (Fsp3) is 0.400. The monoisotopic (exact) mass is 336 g/mol. The Hall–Kier alpha value is -2.35. The Bertz CT molecular complexity index is 739. The molecule has 0 aliphatic carbocycles. The number of hydrogen-bond acceptors (Lipinski definition) is 6. The lowest BCUT2D eigenvalue weighted by Gasteiger charge is -2.12. The van der Waals surface area contributed by atoms with Crippen LogP contribution in [0.2, 0.25) is 0 Å². The molecule has 7 nitrogen and oxygen atoms in total. The van der Waals surface area contributed by atoms with Crippen LogP contribution in [0.4, 0.5) is 0 Å². The van der Waals surface area contributed by atoms with Crippen LogP contribution < -0.4 is 14.2 Å². The van der Waals surface area contributed by atoms with E-state index in [2.05, 4.69) is 15.3 Å². The molecule has 1 heterocycles. The molecule has 0 amide bonds. The van der Waals surface area contributed by atoms with E-state index in [9.17, 15) is 0 Å². The molecule has 0 spiro atoms. The summed E-state index contributed by atoms with van der Waals surface area (Å²) in [7, 11) is 4.70. The maximum Gasteiger partial charge on any atom is 0.216 e. The Morgan fingerprint density at radius 1 is 1.17 bits per heavy atom. The molecule has 0 saturated carbocycles. The van der Waals surface area contributed by atoms with Crippen LogP contribution in [0.3, 0.4) is 0 Å². The first kappa shape index (κ1) is 17.0. The van der Waals surface area contributed by atoms with Gasteiger partial charge in [-0.2, -0.15) is 14.9 Å². The summed E-state index contributed by atoms with van der Waals surface area (Å²) in [6.07, 6.45) is 1.67. The Balaban J connectivity index is 2.44. The summed E-state index contributed by atoms with van der Waals surface area (Å²) >= 11 is 5.21. The van der Waals surface area contributed by atoms with Crippen LogP contribution in [0.15, 0.2) is 17.2 Å². The van der Waals surface area contributed by atoms with E-state index in [-0.39, 0.29) is 5.92 Å². The van der Waals surface area contributed by atoms with Crippen LogP contribution in [0.25, 0.3) is 0 Å². The zero-order valence-corrected chi connectivity index (χ0v) is 14.6. The predicted molar refractivity (Wildman–Crippen MR) is 90.6 cm³/mol. The molecule has 0 bridgehead atoms. The zero-order valence-electron chi connectivity index (χ0n) is 13.8. The molecule has 2 rings (SSSR count). The van der Waals surface area contributed by atoms with Crippen LogP contribution in [-0.2, 0) is 0 Å². The highest BCUT2D eigenvalue weighted by atomic mass is 32.1. The van der Waals surface area contributed by atoms with E-state index in [4.69, 9.17) is 26.4 Å². The normalized spacial score (nSPS) is 11.2. The minimum atomic E-state index is 0.194. The number of nitrogens with one attached hydrogen (secondary N) is 1. The number of methoxy groups -OCH3 is 3. The van der Waals surface area contributed by atoms with E-state index in [1.807, 2.05) is 26.0 Å². The third-order valence-corrected chi connectivity index (χ3v) is 3.47. The van der Waals surface area contributed by atoms with Crippen molar-refractivity contribution in [1.29, 1.82) is 0 Å². The number of H-pyrrole nitrogens is 1.